The third-order valence-electron chi connectivity index (χ3n) is 8.32. The summed E-state index contributed by atoms with van der Waals surface area (Å²) in [4.78, 5) is 15.0. The van der Waals surface area contributed by atoms with E-state index in [1.54, 1.807) is 6.33 Å². The lowest BCUT2D eigenvalue weighted by Gasteiger charge is -2.32. The first-order valence-corrected chi connectivity index (χ1v) is 15.6. The summed E-state index contributed by atoms with van der Waals surface area (Å²) in [5.41, 5.74) is 8.96. The van der Waals surface area contributed by atoms with Gasteiger partial charge in [-0.2, -0.15) is 0 Å². The van der Waals surface area contributed by atoms with Gasteiger partial charge in [0.05, 0.1) is 5.39 Å². The molecule has 0 radical (unpaired) electrons. The summed E-state index contributed by atoms with van der Waals surface area (Å²) in [5.74, 6) is 0.742. The molecule has 5 N–H and O–H groups in total. The van der Waals surface area contributed by atoms with Gasteiger partial charge in [0, 0.05) is 29.7 Å². The van der Waals surface area contributed by atoms with E-state index in [-0.39, 0.29) is 0 Å². The number of nitrogens with zero attached hydrogens (tertiary/aromatic N) is 3. The molecule has 8 heteroatoms. The third kappa shape index (κ3) is 8.76. The van der Waals surface area contributed by atoms with Crippen molar-refractivity contribution in [2.75, 3.05) is 25.0 Å². The quantitative estimate of drug-likeness (QED) is 0.0713. The van der Waals surface area contributed by atoms with Crippen molar-refractivity contribution < 1.29 is 5.21 Å². The summed E-state index contributed by atoms with van der Waals surface area (Å²) in [6, 6.07) is 21.7. The predicted molar refractivity (Wildman–Crippen MR) is 176 cm³/mol. The van der Waals surface area contributed by atoms with Crippen molar-refractivity contribution >= 4 is 22.5 Å². The van der Waals surface area contributed by atoms with Crippen molar-refractivity contribution in [3.8, 4) is 11.3 Å². The highest BCUT2D eigenvalue weighted by Crippen LogP contribution is 2.29. The first-order valence-electron chi connectivity index (χ1n) is 15.6. The van der Waals surface area contributed by atoms with Crippen LogP contribution >= 0.6 is 0 Å². The number of aromatic nitrogens is 3. The van der Waals surface area contributed by atoms with Gasteiger partial charge < -0.3 is 15.6 Å². The van der Waals surface area contributed by atoms with Crippen molar-refractivity contribution in [1.29, 1.82) is 0 Å². The lowest BCUT2D eigenvalue weighted by atomic mass is 10.0. The largest absolute Gasteiger partial charge is 0.340 e. The van der Waals surface area contributed by atoms with Gasteiger partial charge in [0.2, 0.25) is 0 Å². The molecule has 0 aliphatic carbocycles. The maximum atomic E-state index is 8.77. The van der Waals surface area contributed by atoms with E-state index >= 15 is 0 Å². The molecule has 0 atom stereocenters. The van der Waals surface area contributed by atoms with Gasteiger partial charge in [-0.1, -0.05) is 87.0 Å². The second kappa shape index (κ2) is 15.5. The van der Waals surface area contributed by atoms with Crippen LogP contribution in [-0.2, 0) is 6.54 Å². The predicted octanol–water partition coefficient (Wildman–Crippen LogP) is 7.09. The molecule has 1 aliphatic rings. The van der Waals surface area contributed by atoms with Crippen LogP contribution in [0, 0.1) is 0 Å². The van der Waals surface area contributed by atoms with Gasteiger partial charge in [-0.15, -0.1) is 0 Å². The van der Waals surface area contributed by atoms with Crippen molar-refractivity contribution in [3.63, 3.8) is 0 Å². The van der Waals surface area contributed by atoms with Crippen molar-refractivity contribution in [3.05, 3.63) is 97.0 Å². The Labute approximate surface area is 255 Å². The molecular formula is C35H45N7O. The number of likely N-dealkylation sites (tertiary alicyclic amines) is 1. The molecular weight excluding hydrogens is 534 g/mol. The van der Waals surface area contributed by atoms with Crippen LogP contribution in [0.3, 0.4) is 0 Å². The Hall–Kier alpha value is -3.98. The molecule has 0 saturated carbocycles. The number of aromatic amines is 1. The first kappa shape index (κ1) is 30.5. The Morgan fingerprint density at radius 3 is 2.44 bits per heavy atom. The SMILES string of the molecule is C=C(CCCCCCCNC1CCN(Cc2ccc(-c3cc4c(NC(=C)c5ccccc5)ncnc4[nH]3)cc2)CC1)NO. The molecule has 0 bridgehead atoms. The van der Waals surface area contributed by atoms with Crippen LogP contribution in [0.5, 0.6) is 0 Å². The molecule has 5 rings (SSSR count). The average Bonchev–Trinajstić information content (AvgIpc) is 3.49. The van der Waals surface area contributed by atoms with Crippen LogP contribution < -0.4 is 16.1 Å². The standard InChI is InChI=1S/C35H45N7O/c1-26(41-43)11-7-4-3-5-10-20-36-31-18-21-42(22-19-31)24-28-14-16-30(17-15-28)33-23-32-34(37-25-38-35(32)40-33)39-27(2)29-12-8-6-9-13-29/h6,8-9,12-17,23,25,31,36,41,43H,1-5,7,10-11,18-22,24H2,(H2,37,38,39,40). The Kier molecular flexibility index (Phi) is 11.0. The number of H-pyrrole nitrogens is 1. The van der Waals surface area contributed by atoms with Crippen LogP contribution in [0.15, 0.2) is 85.8 Å². The Balaban J connectivity index is 1.05. The summed E-state index contributed by atoms with van der Waals surface area (Å²) in [6.07, 6.45) is 10.9. The molecule has 0 spiro atoms. The number of benzene rings is 2. The maximum Gasteiger partial charge on any atom is 0.143 e. The van der Waals surface area contributed by atoms with Crippen LogP contribution in [0.2, 0.25) is 0 Å². The smallest absolute Gasteiger partial charge is 0.143 e. The zero-order valence-electron chi connectivity index (χ0n) is 25.1. The molecule has 0 unspecified atom stereocenters. The highest BCUT2D eigenvalue weighted by molar-refractivity contribution is 5.94. The molecule has 2 aromatic carbocycles. The summed E-state index contributed by atoms with van der Waals surface area (Å²) in [5, 5.41) is 16.9. The molecule has 43 heavy (non-hydrogen) atoms. The molecule has 8 nitrogen and oxygen atoms in total. The summed E-state index contributed by atoms with van der Waals surface area (Å²) >= 11 is 0. The second-order valence-electron chi connectivity index (χ2n) is 11.6. The van der Waals surface area contributed by atoms with Crippen molar-refractivity contribution in [2.24, 2.45) is 0 Å². The van der Waals surface area contributed by atoms with E-state index in [4.69, 9.17) is 5.21 Å². The fraction of sp³-hybridized carbons (Fsp3) is 0.371. The van der Waals surface area contributed by atoms with E-state index in [0.717, 1.165) is 78.4 Å². The minimum absolute atomic E-state index is 0.631. The highest BCUT2D eigenvalue weighted by Gasteiger charge is 2.19. The van der Waals surface area contributed by atoms with Gasteiger partial charge in [-0.3, -0.25) is 15.6 Å². The average molecular weight is 580 g/mol. The zero-order valence-corrected chi connectivity index (χ0v) is 25.1. The number of hydrogen-bond donors (Lipinski definition) is 5. The second-order valence-corrected chi connectivity index (χ2v) is 11.6. The number of hydroxylamine groups is 1. The number of hydrogen-bond acceptors (Lipinski definition) is 7. The Bertz CT molecular complexity index is 1460. The van der Waals surface area contributed by atoms with E-state index in [2.05, 4.69) is 79.5 Å². The summed E-state index contributed by atoms with van der Waals surface area (Å²) in [6.45, 7) is 12.3. The van der Waals surface area contributed by atoms with Crippen molar-refractivity contribution in [2.45, 2.75) is 64.0 Å². The number of unbranched alkanes of at least 4 members (excludes halogenated alkanes) is 4. The summed E-state index contributed by atoms with van der Waals surface area (Å²) in [7, 11) is 0. The number of nitrogens with one attached hydrogen (secondary N) is 4. The maximum absolute atomic E-state index is 8.77. The fourth-order valence-electron chi connectivity index (χ4n) is 5.75. The van der Waals surface area contributed by atoms with E-state index < -0.39 is 0 Å². The molecule has 4 aromatic rings. The molecule has 1 saturated heterocycles. The fourth-order valence-corrected chi connectivity index (χ4v) is 5.75. The molecule has 0 amide bonds. The van der Waals surface area contributed by atoms with E-state index in [9.17, 15) is 0 Å². The molecule has 3 heterocycles. The Morgan fingerprint density at radius 2 is 1.67 bits per heavy atom. The highest BCUT2D eigenvalue weighted by atomic mass is 16.5. The van der Waals surface area contributed by atoms with E-state index in [1.165, 1.54) is 44.1 Å². The number of fused-ring (bicyclic) bond motifs is 1. The van der Waals surface area contributed by atoms with Crippen LogP contribution in [0.25, 0.3) is 28.0 Å². The normalized spacial score (nSPS) is 14.2. The minimum Gasteiger partial charge on any atom is -0.340 e. The van der Waals surface area contributed by atoms with Gasteiger partial charge in [0.1, 0.15) is 17.8 Å². The van der Waals surface area contributed by atoms with Crippen LogP contribution in [0.1, 0.15) is 62.5 Å². The number of rotatable bonds is 16. The minimum atomic E-state index is 0.631. The first-order chi connectivity index (χ1) is 21.1. The Morgan fingerprint density at radius 1 is 0.930 bits per heavy atom. The molecule has 1 aliphatic heterocycles. The number of allylic oxidation sites excluding steroid dienone is 1. The zero-order chi connectivity index (χ0) is 29.9. The third-order valence-corrected chi connectivity index (χ3v) is 8.32. The lowest BCUT2D eigenvalue weighted by Crippen LogP contribution is -2.42. The monoisotopic (exact) mass is 579 g/mol. The van der Waals surface area contributed by atoms with E-state index in [1.807, 2.05) is 30.3 Å². The lowest BCUT2D eigenvalue weighted by molar-refractivity contribution is 0.190. The number of anilines is 1. The van der Waals surface area contributed by atoms with E-state index in [0.29, 0.717) is 11.7 Å². The summed E-state index contributed by atoms with van der Waals surface area (Å²) < 4.78 is 0. The van der Waals surface area contributed by atoms with Crippen LogP contribution in [0.4, 0.5) is 5.82 Å². The van der Waals surface area contributed by atoms with Gasteiger partial charge in [-0.25, -0.2) is 9.97 Å². The van der Waals surface area contributed by atoms with Gasteiger partial charge in [0.25, 0.3) is 0 Å². The molecule has 226 valence electrons. The molecule has 1 fully saturated rings. The van der Waals surface area contributed by atoms with Gasteiger partial charge >= 0.3 is 0 Å². The topological polar surface area (TPSA) is 101 Å². The van der Waals surface area contributed by atoms with Crippen molar-refractivity contribution in [1.82, 2.24) is 30.6 Å². The van der Waals surface area contributed by atoms with Gasteiger partial charge in [-0.05, 0) is 74.5 Å². The molecule has 2 aromatic heterocycles. The van der Waals surface area contributed by atoms with Crippen LogP contribution in [-0.4, -0.2) is 50.7 Å². The number of piperidine rings is 1. The van der Waals surface area contributed by atoms with Gasteiger partial charge in [0.15, 0.2) is 0 Å².